The minimum atomic E-state index is -0.411. The van der Waals surface area contributed by atoms with Crippen molar-refractivity contribution in [3.63, 3.8) is 0 Å². The van der Waals surface area contributed by atoms with Crippen LogP contribution >= 0.6 is 23.4 Å². The van der Waals surface area contributed by atoms with Gasteiger partial charge in [0, 0.05) is 24.1 Å². The maximum Gasteiger partial charge on any atom is 0.269 e. The number of fused-ring (bicyclic) bond motifs is 1. The zero-order valence-corrected chi connectivity index (χ0v) is 12.2. The van der Waals surface area contributed by atoms with E-state index in [4.69, 9.17) is 11.6 Å². The van der Waals surface area contributed by atoms with Crippen LogP contribution in [0.1, 0.15) is 5.56 Å². The molecule has 0 fully saturated rings. The Bertz CT molecular complexity index is 804. The fraction of sp³-hybridized carbons (Fsp3) is 0.0769. The van der Waals surface area contributed by atoms with Gasteiger partial charge in [-0.1, -0.05) is 35.5 Å². The first kappa shape index (κ1) is 13.8. The highest BCUT2D eigenvalue weighted by atomic mass is 35.5. The first-order chi connectivity index (χ1) is 10.1. The Hall–Kier alpha value is -2.12. The Morgan fingerprint density at radius 2 is 2.10 bits per heavy atom. The molecule has 0 unspecified atom stereocenters. The molecule has 3 aromatic rings. The first-order valence-electron chi connectivity index (χ1n) is 5.99. The largest absolute Gasteiger partial charge is 0.331 e. The van der Waals surface area contributed by atoms with Crippen LogP contribution in [0.2, 0.25) is 5.02 Å². The number of aromatic nitrogens is 3. The van der Waals surface area contributed by atoms with Crippen molar-refractivity contribution >= 4 is 40.2 Å². The normalized spacial score (nSPS) is 10.9. The third-order valence-corrected chi connectivity index (χ3v) is 3.96. The maximum atomic E-state index is 10.6. The average molecular weight is 321 g/mol. The number of imidazole rings is 1. The van der Waals surface area contributed by atoms with Crippen LogP contribution in [0.3, 0.4) is 0 Å². The smallest absolute Gasteiger partial charge is 0.269 e. The van der Waals surface area contributed by atoms with Gasteiger partial charge in [0.1, 0.15) is 0 Å². The predicted octanol–water partition coefficient (Wildman–Crippen LogP) is 3.81. The van der Waals surface area contributed by atoms with Gasteiger partial charge in [-0.25, -0.2) is 9.97 Å². The van der Waals surface area contributed by atoms with Crippen LogP contribution in [0.15, 0.2) is 41.7 Å². The summed E-state index contributed by atoms with van der Waals surface area (Å²) in [6.45, 7) is 0. The molecule has 106 valence electrons. The number of non-ortho nitro benzene ring substituents is 1. The Balaban J connectivity index is 1.72. The highest BCUT2D eigenvalue weighted by molar-refractivity contribution is 7.98. The second-order valence-corrected chi connectivity index (χ2v) is 5.68. The van der Waals surface area contributed by atoms with Gasteiger partial charge in [-0.3, -0.25) is 10.1 Å². The molecule has 0 saturated carbocycles. The van der Waals surface area contributed by atoms with Crippen molar-refractivity contribution in [3.8, 4) is 0 Å². The van der Waals surface area contributed by atoms with Crippen molar-refractivity contribution in [1.29, 1.82) is 0 Å². The van der Waals surface area contributed by atoms with Crippen molar-refractivity contribution in [3.05, 3.63) is 57.2 Å². The summed E-state index contributed by atoms with van der Waals surface area (Å²) in [5.74, 6) is 0.658. The Labute approximate surface area is 128 Å². The standard InChI is InChI=1S/C13H9ClN4O2S/c14-9-5-11-12(15-6-9)17-13(16-11)21-7-8-1-3-10(4-2-8)18(19)20/h1-6H,7H2,(H,15,16,17). The van der Waals surface area contributed by atoms with Crippen molar-refractivity contribution in [2.75, 3.05) is 0 Å². The lowest BCUT2D eigenvalue weighted by molar-refractivity contribution is -0.384. The third-order valence-electron chi connectivity index (χ3n) is 2.81. The van der Waals surface area contributed by atoms with Gasteiger partial charge >= 0.3 is 0 Å². The van der Waals surface area contributed by atoms with Gasteiger partial charge in [0.15, 0.2) is 10.8 Å². The number of nitro benzene ring substituents is 1. The van der Waals surface area contributed by atoms with Crippen LogP contribution < -0.4 is 0 Å². The third kappa shape index (κ3) is 3.14. The Morgan fingerprint density at radius 3 is 2.81 bits per heavy atom. The monoisotopic (exact) mass is 320 g/mol. The molecule has 3 rings (SSSR count). The van der Waals surface area contributed by atoms with Crippen LogP contribution in [-0.2, 0) is 5.75 Å². The Kier molecular flexibility index (Phi) is 3.76. The van der Waals surface area contributed by atoms with Crippen molar-refractivity contribution in [1.82, 2.24) is 15.0 Å². The van der Waals surface area contributed by atoms with Crippen molar-refractivity contribution in [2.24, 2.45) is 0 Å². The Morgan fingerprint density at radius 1 is 1.33 bits per heavy atom. The lowest BCUT2D eigenvalue weighted by Crippen LogP contribution is -1.88. The van der Waals surface area contributed by atoms with E-state index in [1.807, 2.05) is 0 Å². The van der Waals surface area contributed by atoms with E-state index >= 15 is 0 Å². The first-order valence-corrected chi connectivity index (χ1v) is 7.35. The zero-order chi connectivity index (χ0) is 14.8. The molecule has 8 heteroatoms. The molecule has 0 aliphatic carbocycles. The van der Waals surface area contributed by atoms with Gasteiger partial charge < -0.3 is 4.98 Å². The molecule has 1 aromatic carbocycles. The van der Waals surface area contributed by atoms with E-state index in [9.17, 15) is 10.1 Å². The van der Waals surface area contributed by atoms with E-state index in [1.165, 1.54) is 23.9 Å². The fourth-order valence-electron chi connectivity index (χ4n) is 1.79. The summed E-state index contributed by atoms with van der Waals surface area (Å²) < 4.78 is 0. The van der Waals surface area contributed by atoms with Crippen LogP contribution in [-0.4, -0.2) is 19.9 Å². The minimum absolute atomic E-state index is 0.0892. The molecule has 0 atom stereocenters. The van der Waals surface area contributed by atoms with Crippen LogP contribution in [0.4, 0.5) is 5.69 Å². The SMILES string of the molecule is O=[N+]([O-])c1ccc(CSc2nc3ncc(Cl)cc3[nH]2)cc1. The topological polar surface area (TPSA) is 84.7 Å². The van der Waals surface area contributed by atoms with Crippen LogP contribution in [0.25, 0.3) is 11.2 Å². The van der Waals surface area contributed by atoms with Gasteiger partial charge in [-0.15, -0.1) is 0 Å². The second kappa shape index (κ2) is 5.71. The molecular formula is C13H9ClN4O2S. The predicted molar refractivity (Wildman–Crippen MR) is 81.6 cm³/mol. The number of nitrogens with one attached hydrogen (secondary N) is 1. The lowest BCUT2D eigenvalue weighted by atomic mass is 10.2. The maximum absolute atomic E-state index is 10.6. The summed E-state index contributed by atoms with van der Waals surface area (Å²) in [4.78, 5) is 21.8. The van der Waals surface area contributed by atoms with Crippen molar-refractivity contribution in [2.45, 2.75) is 10.9 Å². The molecule has 6 nitrogen and oxygen atoms in total. The molecule has 0 bridgehead atoms. The quantitative estimate of drug-likeness (QED) is 0.449. The summed E-state index contributed by atoms with van der Waals surface area (Å²) in [5, 5.41) is 11.9. The number of hydrogen-bond acceptors (Lipinski definition) is 5. The number of nitrogens with zero attached hydrogens (tertiary/aromatic N) is 3. The van der Waals surface area contributed by atoms with Gasteiger partial charge in [0.05, 0.1) is 15.5 Å². The molecule has 21 heavy (non-hydrogen) atoms. The summed E-state index contributed by atoms with van der Waals surface area (Å²) in [5.41, 5.74) is 2.47. The molecular weight excluding hydrogens is 312 g/mol. The molecule has 0 amide bonds. The van der Waals surface area contributed by atoms with Crippen LogP contribution in [0, 0.1) is 10.1 Å². The van der Waals surface area contributed by atoms with E-state index in [0.29, 0.717) is 16.4 Å². The summed E-state index contributed by atoms with van der Waals surface area (Å²) in [7, 11) is 0. The number of benzene rings is 1. The molecule has 0 aliphatic heterocycles. The van der Waals surface area contributed by atoms with Crippen molar-refractivity contribution < 1.29 is 4.92 Å². The summed E-state index contributed by atoms with van der Waals surface area (Å²) in [6.07, 6.45) is 1.55. The van der Waals surface area contributed by atoms with E-state index in [-0.39, 0.29) is 5.69 Å². The fourth-order valence-corrected chi connectivity index (χ4v) is 2.77. The number of halogens is 1. The number of hydrogen-bond donors (Lipinski definition) is 1. The number of thioether (sulfide) groups is 1. The second-order valence-electron chi connectivity index (χ2n) is 4.28. The van der Waals surface area contributed by atoms with E-state index in [0.717, 1.165) is 16.2 Å². The minimum Gasteiger partial charge on any atom is -0.331 e. The van der Waals surface area contributed by atoms with E-state index in [2.05, 4.69) is 15.0 Å². The van der Waals surface area contributed by atoms with E-state index in [1.54, 1.807) is 24.4 Å². The van der Waals surface area contributed by atoms with E-state index < -0.39 is 4.92 Å². The highest BCUT2D eigenvalue weighted by Crippen LogP contribution is 2.24. The van der Waals surface area contributed by atoms with Gasteiger partial charge in [-0.2, -0.15) is 0 Å². The molecule has 2 aromatic heterocycles. The molecule has 0 radical (unpaired) electrons. The molecule has 1 N–H and O–H groups in total. The summed E-state index contributed by atoms with van der Waals surface area (Å²) >= 11 is 7.37. The van der Waals surface area contributed by atoms with Crippen LogP contribution in [0.5, 0.6) is 0 Å². The molecule has 2 heterocycles. The number of aromatic amines is 1. The number of H-pyrrole nitrogens is 1. The average Bonchev–Trinajstić information content (AvgIpc) is 2.87. The zero-order valence-electron chi connectivity index (χ0n) is 10.6. The van der Waals surface area contributed by atoms with Gasteiger partial charge in [0.25, 0.3) is 5.69 Å². The van der Waals surface area contributed by atoms with Gasteiger partial charge in [-0.05, 0) is 11.6 Å². The number of pyridine rings is 1. The van der Waals surface area contributed by atoms with Gasteiger partial charge in [0.2, 0.25) is 0 Å². The molecule has 0 saturated heterocycles. The molecule has 0 spiro atoms. The number of rotatable bonds is 4. The highest BCUT2D eigenvalue weighted by Gasteiger charge is 2.07. The lowest BCUT2D eigenvalue weighted by Gasteiger charge is -1.98. The summed E-state index contributed by atoms with van der Waals surface area (Å²) in [6, 6.07) is 8.24. The number of nitro groups is 1. The molecule has 0 aliphatic rings.